The van der Waals surface area contributed by atoms with Gasteiger partial charge in [-0.25, -0.2) is 13.9 Å². The Labute approximate surface area is 177 Å². The summed E-state index contributed by atoms with van der Waals surface area (Å²) in [5.41, 5.74) is 3.27. The zero-order chi connectivity index (χ0) is 20.9. The molecule has 4 aromatic rings. The van der Waals surface area contributed by atoms with Crippen LogP contribution in [0, 0.1) is 5.82 Å². The minimum atomic E-state index is -0.480. The number of hydrogen-bond acceptors (Lipinski definition) is 4. The third-order valence-corrected chi connectivity index (χ3v) is 5.43. The molecule has 2 aromatic carbocycles. The molecule has 4 rings (SSSR count). The Morgan fingerprint density at radius 3 is 2.57 bits per heavy atom. The molecule has 0 saturated carbocycles. The number of rotatable bonds is 6. The predicted octanol–water partition coefficient (Wildman–Crippen LogP) is 6.06. The molecule has 0 unspecified atom stereocenters. The van der Waals surface area contributed by atoms with Crippen molar-refractivity contribution in [2.45, 2.75) is 13.0 Å². The van der Waals surface area contributed by atoms with E-state index < -0.39 is 12.1 Å². The topological polar surface area (TPSA) is 44.1 Å². The van der Waals surface area contributed by atoms with E-state index in [1.807, 2.05) is 54.0 Å². The highest BCUT2D eigenvalue weighted by Crippen LogP contribution is 2.28. The molecule has 0 amide bonds. The molecule has 0 aliphatic heterocycles. The monoisotopic (exact) mass is 418 g/mol. The highest BCUT2D eigenvalue weighted by atomic mass is 32.1. The van der Waals surface area contributed by atoms with Crippen LogP contribution in [-0.4, -0.2) is 15.7 Å². The highest BCUT2D eigenvalue weighted by molar-refractivity contribution is 7.13. The Balaban J connectivity index is 1.55. The van der Waals surface area contributed by atoms with E-state index in [-0.39, 0.29) is 5.82 Å². The van der Waals surface area contributed by atoms with E-state index in [4.69, 9.17) is 9.84 Å². The maximum atomic E-state index is 13.1. The van der Waals surface area contributed by atoms with Crippen LogP contribution < -0.4 is 0 Å². The van der Waals surface area contributed by atoms with E-state index in [0.29, 0.717) is 0 Å². The van der Waals surface area contributed by atoms with Gasteiger partial charge in [-0.3, -0.25) is 0 Å². The lowest BCUT2D eigenvalue weighted by Gasteiger charge is -2.11. The molecule has 0 fully saturated rings. The van der Waals surface area contributed by atoms with Gasteiger partial charge in [-0.05, 0) is 54.3 Å². The first-order valence-corrected chi connectivity index (χ1v) is 10.3. The average molecular weight is 418 g/mol. The molecule has 0 bridgehead atoms. The third-order valence-electron chi connectivity index (χ3n) is 4.55. The van der Waals surface area contributed by atoms with Crippen LogP contribution in [0.4, 0.5) is 4.39 Å². The van der Waals surface area contributed by atoms with E-state index in [0.717, 1.165) is 27.4 Å². The summed E-state index contributed by atoms with van der Waals surface area (Å²) in [4.78, 5) is 13.3. The molecule has 6 heteroatoms. The van der Waals surface area contributed by atoms with E-state index in [1.165, 1.54) is 18.2 Å². The van der Waals surface area contributed by atoms with Crippen LogP contribution in [0.1, 0.15) is 24.2 Å². The molecule has 2 aromatic heterocycles. The molecule has 0 spiro atoms. The standard InChI is InChI=1S/C24H19FN2O2S/c1-17(18-9-12-20(25)13-10-18)29-23(28)14-11-19-16-27(21-6-3-2-4-7-21)26-24(19)22-8-5-15-30-22/h2-17H,1H3/b14-11+/t17-/m0/s1. The minimum Gasteiger partial charge on any atom is -0.455 e. The van der Waals surface area contributed by atoms with Crippen LogP contribution in [0.2, 0.25) is 0 Å². The molecule has 0 N–H and O–H groups in total. The van der Waals surface area contributed by atoms with Crippen molar-refractivity contribution < 1.29 is 13.9 Å². The molecule has 0 saturated heterocycles. The third kappa shape index (κ3) is 4.55. The molecule has 30 heavy (non-hydrogen) atoms. The Hall–Kier alpha value is -3.51. The Bertz CT molecular complexity index is 1150. The maximum Gasteiger partial charge on any atom is 0.331 e. The zero-order valence-electron chi connectivity index (χ0n) is 16.2. The number of esters is 1. The van der Waals surface area contributed by atoms with Crippen LogP contribution in [0.25, 0.3) is 22.3 Å². The summed E-state index contributed by atoms with van der Waals surface area (Å²) in [6, 6.07) is 19.7. The van der Waals surface area contributed by atoms with Gasteiger partial charge >= 0.3 is 5.97 Å². The second-order valence-electron chi connectivity index (χ2n) is 6.65. The number of aromatic nitrogens is 2. The van der Waals surface area contributed by atoms with Crippen LogP contribution in [0.5, 0.6) is 0 Å². The molecule has 1 atom stereocenters. The first-order chi connectivity index (χ1) is 14.6. The summed E-state index contributed by atoms with van der Waals surface area (Å²) in [5, 5.41) is 6.69. The Morgan fingerprint density at radius 2 is 1.87 bits per heavy atom. The van der Waals surface area contributed by atoms with E-state index in [2.05, 4.69) is 0 Å². The molecule has 2 heterocycles. The van der Waals surface area contributed by atoms with Gasteiger partial charge < -0.3 is 4.74 Å². The van der Waals surface area contributed by atoms with Gasteiger partial charge in [0, 0.05) is 17.8 Å². The fourth-order valence-corrected chi connectivity index (χ4v) is 3.73. The summed E-state index contributed by atoms with van der Waals surface area (Å²) in [6.45, 7) is 1.75. The summed E-state index contributed by atoms with van der Waals surface area (Å²) >= 11 is 1.59. The van der Waals surface area contributed by atoms with Crippen molar-refractivity contribution >= 4 is 23.4 Å². The van der Waals surface area contributed by atoms with Gasteiger partial charge in [-0.15, -0.1) is 11.3 Å². The van der Waals surface area contributed by atoms with Crippen LogP contribution in [-0.2, 0) is 9.53 Å². The smallest absolute Gasteiger partial charge is 0.331 e. The molecule has 150 valence electrons. The first kappa shape index (κ1) is 19.8. The minimum absolute atomic E-state index is 0.325. The van der Waals surface area contributed by atoms with Crippen molar-refractivity contribution in [2.75, 3.05) is 0 Å². The Morgan fingerprint density at radius 1 is 1.10 bits per heavy atom. The van der Waals surface area contributed by atoms with Crippen LogP contribution >= 0.6 is 11.3 Å². The van der Waals surface area contributed by atoms with Crippen LogP contribution in [0.3, 0.4) is 0 Å². The number of para-hydroxylation sites is 1. The lowest BCUT2D eigenvalue weighted by molar-refractivity contribution is -0.142. The summed E-state index contributed by atoms with van der Waals surface area (Å²) in [7, 11) is 0. The summed E-state index contributed by atoms with van der Waals surface area (Å²) < 4.78 is 20.3. The normalized spacial score (nSPS) is 12.2. The van der Waals surface area contributed by atoms with Gasteiger partial charge in [0.2, 0.25) is 0 Å². The number of nitrogens with zero attached hydrogens (tertiary/aromatic N) is 2. The largest absolute Gasteiger partial charge is 0.455 e. The first-order valence-electron chi connectivity index (χ1n) is 9.43. The quantitative estimate of drug-likeness (QED) is 0.282. The fraction of sp³-hybridized carbons (Fsp3) is 0.0833. The van der Waals surface area contributed by atoms with E-state index >= 15 is 0 Å². The van der Waals surface area contributed by atoms with Gasteiger partial charge in [0.15, 0.2) is 0 Å². The number of halogens is 1. The molecule has 0 aliphatic carbocycles. The Kier molecular flexibility index (Phi) is 5.86. The number of ether oxygens (including phenoxy) is 1. The number of hydrogen-bond donors (Lipinski definition) is 0. The summed E-state index contributed by atoms with van der Waals surface area (Å²) in [6.07, 6.45) is 4.51. The van der Waals surface area contributed by atoms with Gasteiger partial charge in [-0.1, -0.05) is 36.4 Å². The van der Waals surface area contributed by atoms with Crippen molar-refractivity contribution in [3.05, 3.63) is 101 Å². The van der Waals surface area contributed by atoms with Crippen molar-refractivity contribution in [1.29, 1.82) is 0 Å². The average Bonchev–Trinajstić information content (AvgIpc) is 3.43. The second-order valence-corrected chi connectivity index (χ2v) is 7.60. The fourth-order valence-electron chi connectivity index (χ4n) is 3.00. The van der Waals surface area contributed by atoms with Crippen molar-refractivity contribution in [1.82, 2.24) is 9.78 Å². The molecule has 4 nitrogen and oxygen atoms in total. The zero-order valence-corrected chi connectivity index (χ0v) is 17.1. The SMILES string of the molecule is C[C@H](OC(=O)/C=C/c1cn(-c2ccccc2)nc1-c1cccs1)c1ccc(F)cc1. The number of benzene rings is 2. The lowest BCUT2D eigenvalue weighted by Crippen LogP contribution is -2.06. The lowest BCUT2D eigenvalue weighted by atomic mass is 10.1. The number of carbonyl (C=O) groups excluding carboxylic acids is 1. The van der Waals surface area contributed by atoms with Crippen molar-refractivity contribution in [3.63, 3.8) is 0 Å². The van der Waals surface area contributed by atoms with E-state index in [1.54, 1.807) is 41.2 Å². The van der Waals surface area contributed by atoms with E-state index in [9.17, 15) is 9.18 Å². The molecular formula is C24H19FN2O2S. The van der Waals surface area contributed by atoms with Gasteiger partial charge in [0.05, 0.1) is 10.6 Å². The second kappa shape index (κ2) is 8.88. The molecule has 0 radical (unpaired) electrons. The van der Waals surface area contributed by atoms with Gasteiger partial charge in [-0.2, -0.15) is 5.10 Å². The predicted molar refractivity (Wildman–Crippen MR) is 117 cm³/mol. The number of carbonyl (C=O) groups is 1. The summed E-state index contributed by atoms with van der Waals surface area (Å²) in [5.74, 6) is -0.801. The van der Waals surface area contributed by atoms with Crippen LogP contribution in [0.15, 0.2) is 84.4 Å². The molecular weight excluding hydrogens is 399 g/mol. The maximum absolute atomic E-state index is 13.1. The van der Waals surface area contributed by atoms with Crippen molar-refractivity contribution in [3.8, 4) is 16.3 Å². The van der Waals surface area contributed by atoms with Gasteiger partial charge in [0.25, 0.3) is 0 Å². The number of thiophene rings is 1. The highest BCUT2D eigenvalue weighted by Gasteiger charge is 2.13. The van der Waals surface area contributed by atoms with Crippen molar-refractivity contribution in [2.24, 2.45) is 0 Å². The van der Waals surface area contributed by atoms with Gasteiger partial charge in [0.1, 0.15) is 17.6 Å². The molecule has 0 aliphatic rings.